The Kier molecular flexibility index (Phi) is 3.87. The molecule has 1 unspecified atom stereocenters. The van der Waals surface area contributed by atoms with E-state index in [0.29, 0.717) is 0 Å². The standard InChI is InChI=1S/C11H21NOS/c1-4-9(14)10(13)12-7-5-6-11(2,3)8-12/h9,14H,4-8H2,1-3H3. The molecule has 1 saturated heterocycles. The molecule has 0 aromatic heterocycles. The lowest BCUT2D eigenvalue weighted by Gasteiger charge is -2.38. The molecule has 0 spiro atoms. The highest BCUT2D eigenvalue weighted by Gasteiger charge is 2.30. The lowest BCUT2D eigenvalue weighted by molar-refractivity contribution is -0.133. The van der Waals surface area contributed by atoms with Crippen molar-refractivity contribution >= 4 is 18.5 Å². The Morgan fingerprint density at radius 1 is 1.57 bits per heavy atom. The largest absolute Gasteiger partial charge is 0.341 e. The first-order valence-electron chi connectivity index (χ1n) is 5.43. The highest BCUT2D eigenvalue weighted by molar-refractivity contribution is 7.81. The molecule has 82 valence electrons. The van der Waals surface area contributed by atoms with Gasteiger partial charge in [-0.25, -0.2) is 0 Å². The Bertz CT molecular complexity index is 215. The molecule has 1 heterocycles. The molecule has 0 aromatic rings. The van der Waals surface area contributed by atoms with Gasteiger partial charge in [0, 0.05) is 13.1 Å². The maximum absolute atomic E-state index is 11.9. The first-order chi connectivity index (χ1) is 6.46. The van der Waals surface area contributed by atoms with E-state index < -0.39 is 0 Å². The Balaban J connectivity index is 2.56. The normalized spacial score (nSPS) is 23.3. The molecule has 1 atom stereocenters. The van der Waals surface area contributed by atoms with Crippen LogP contribution in [0.2, 0.25) is 0 Å². The molecule has 1 amide bonds. The molecule has 0 radical (unpaired) electrons. The van der Waals surface area contributed by atoms with Crippen LogP contribution in [0, 0.1) is 5.41 Å². The Morgan fingerprint density at radius 2 is 2.21 bits per heavy atom. The van der Waals surface area contributed by atoms with Crippen molar-refractivity contribution in [2.75, 3.05) is 13.1 Å². The quantitative estimate of drug-likeness (QED) is 0.701. The van der Waals surface area contributed by atoms with Crippen molar-refractivity contribution in [3.8, 4) is 0 Å². The maximum atomic E-state index is 11.9. The molecule has 14 heavy (non-hydrogen) atoms. The van der Waals surface area contributed by atoms with E-state index in [1.807, 2.05) is 11.8 Å². The fourth-order valence-electron chi connectivity index (χ4n) is 2.00. The zero-order valence-electron chi connectivity index (χ0n) is 9.42. The molecular weight excluding hydrogens is 194 g/mol. The summed E-state index contributed by atoms with van der Waals surface area (Å²) in [7, 11) is 0. The van der Waals surface area contributed by atoms with E-state index in [-0.39, 0.29) is 16.6 Å². The van der Waals surface area contributed by atoms with Crippen LogP contribution in [0.3, 0.4) is 0 Å². The lowest BCUT2D eigenvalue weighted by Crippen LogP contribution is -2.46. The van der Waals surface area contributed by atoms with E-state index in [1.165, 1.54) is 6.42 Å². The van der Waals surface area contributed by atoms with Crippen LogP contribution in [0.25, 0.3) is 0 Å². The smallest absolute Gasteiger partial charge is 0.235 e. The van der Waals surface area contributed by atoms with Crippen LogP contribution in [-0.2, 0) is 4.79 Å². The van der Waals surface area contributed by atoms with Crippen molar-refractivity contribution in [1.82, 2.24) is 4.90 Å². The number of amides is 1. The van der Waals surface area contributed by atoms with Gasteiger partial charge in [-0.2, -0.15) is 12.6 Å². The lowest BCUT2D eigenvalue weighted by atomic mass is 9.84. The third-order valence-corrected chi connectivity index (χ3v) is 3.47. The Labute approximate surface area is 92.5 Å². The second kappa shape index (κ2) is 4.56. The number of likely N-dealkylation sites (tertiary alicyclic amines) is 1. The fraction of sp³-hybridized carbons (Fsp3) is 0.909. The first kappa shape index (κ1) is 11.9. The summed E-state index contributed by atoms with van der Waals surface area (Å²) >= 11 is 4.30. The van der Waals surface area contributed by atoms with E-state index in [1.54, 1.807) is 0 Å². The van der Waals surface area contributed by atoms with Gasteiger partial charge in [0.15, 0.2) is 0 Å². The van der Waals surface area contributed by atoms with E-state index in [2.05, 4.69) is 26.5 Å². The van der Waals surface area contributed by atoms with Crippen LogP contribution in [0.4, 0.5) is 0 Å². The zero-order chi connectivity index (χ0) is 10.8. The predicted octanol–water partition coefficient (Wildman–Crippen LogP) is 2.34. The topological polar surface area (TPSA) is 20.3 Å². The number of hydrogen-bond donors (Lipinski definition) is 1. The van der Waals surface area contributed by atoms with Gasteiger partial charge in [-0.3, -0.25) is 4.79 Å². The van der Waals surface area contributed by atoms with Crippen molar-refractivity contribution in [2.24, 2.45) is 5.41 Å². The number of hydrogen-bond acceptors (Lipinski definition) is 2. The molecule has 0 bridgehead atoms. The summed E-state index contributed by atoms with van der Waals surface area (Å²) in [5.41, 5.74) is 0.287. The van der Waals surface area contributed by atoms with E-state index >= 15 is 0 Å². The summed E-state index contributed by atoms with van der Waals surface area (Å²) in [5, 5.41) is -0.108. The average Bonchev–Trinajstić information content (AvgIpc) is 2.14. The summed E-state index contributed by atoms with van der Waals surface area (Å²) in [6.45, 7) is 8.27. The van der Waals surface area contributed by atoms with Crippen LogP contribution in [-0.4, -0.2) is 29.1 Å². The number of nitrogens with zero attached hydrogens (tertiary/aromatic N) is 1. The minimum absolute atomic E-state index is 0.108. The number of thiol groups is 1. The molecule has 1 rings (SSSR count). The third kappa shape index (κ3) is 2.91. The molecule has 0 N–H and O–H groups in total. The van der Waals surface area contributed by atoms with Crippen LogP contribution >= 0.6 is 12.6 Å². The molecule has 2 nitrogen and oxygen atoms in total. The van der Waals surface area contributed by atoms with Crippen molar-refractivity contribution in [3.05, 3.63) is 0 Å². The van der Waals surface area contributed by atoms with Gasteiger partial charge in [0.1, 0.15) is 0 Å². The molecule has 1 aliphatic heterocycles. The molecule has 3 heteroatoms. The van der Waals surface area contributed by atoms with Crippen LogP contribution in [0.15, 0.2) is 0 Å². The zero-order valence-corrected chi connectivity index (χ0v) is 10.3. The van der Waals surface area contributed by atoms with Crippen molar-refractivity contribution in [3.63, 3.8) is 0 Å². The second-order valence-electron chi connectivity index (χ2n) is 4.95. The van der Waals surface area contributed by atoms with Crippen LogP contribution < -0.4 is 0 Å². The molecule has 0 aromatic carbocycles. The Morgan fingerprint density at radius 3 is 2.71 bits per heavy atom. The highest BCUT2D eigenvalue weighted by atomic mass is 32.1. The number of piperidine rings is 1. The number of carbonyl (C=O) groups is 1. The summed E-state index contributed by atoms with van der Waals surface area (Å²) in [6.07, 6.45) is 3.17. The second-order valence-corrected chi connectivity index (χ2v) is 5.57. The molecule has 0 saturated carbocycles. The summed E-state index contributed by atoms with van der Waals surface area (Å²) < 4.78 is 0. The minimum Gasteiger partial charge on any atom is -0.341 e. The van der Waals surface area contributed by atoms with Gasteiger partial charge in [-0.05, 0) is 24.7 Å². The van der Waals surface area contributed by atoms with E-state index in [4.69, 9.17) is 0 Å². The predicted molar refractivity (Wildman–Crippen MR) is 62.7 cm³/mol. The first-order valence-corrected chi connectivity index (χ1v) is 5.95. The summed E-state index contributed by atoms with van der Waals surface area (Å²) in [5.74, 6) is 0.212. The summed E-state index contributed by atoms with van der Waals surface area (Å²) in [4.78, 5) is 13.8. The minimum atomic E-state index is -0.108. The van der Waals surface area contributed by atoms with Crippen molar-refractivity contribution in [1.29, 1.82) is 0 Å². The number of rotatable bonds is 2. The van der Waals surface area contributed by atoms with E-state index in [0.717, 1.165) is 25.9 Å². The van der Waals surface area contributed by atoms with Crippen LogP contribution in [0.5, 0.6) is 0 Å². The molecular formula is C11H21NOS. The van der Waals surface area contributed by atoms with Crippen molar-refractivity contribution in [2.45, 2.75) is 45.3 Å². The fourth-order valence-corrected chi connectivity index (χ4v) is 2.16. The highest BCUT2D eigenvalue weighted by Crippen LogP contribution is 2.29. The number of carbonyl (C=O) groups excluding carboxylic acids is 1. The van der Waals surface area contributed by atoms with Gasteiger partial charge in [0.25, 0.3) is 0 Å². The van der Waals surface area contributed by atoms with E-state index in [9.17, 15) is 4.79 Å². The van der Waals surface area contributed by atoms with Gasteiger partial charge in [-0.15, -0.1) is 0 Å². The molecule has 1 fully saturated rings. The van der Waals surface area contributed by atoms with Crippen molar-refractivity contribution < 1.29 is 4.79 Å². The third-order valence-electron chi connectivity index (χ3n) is 2.88. The van der Waals surface area contributed by atoms with Gasteiger partial charge < -0.3 is 4.90 Å². The maximum Gasteiger partial charge on any atom is 0.235 e. The van der Waals surface area contributed by atoms with Gasteiger partial charge in [-0.1, -0.05) is 20.8 Å². The van der Waals surface area contributed by atoms with Gasteiger partial charge >= 0.3 is 0 Å². The molecule has 0 aliphatic carbocycles. The van der Waals surface area contributed by atoms with Gasteiger partial charge in [0.2, 0.25) is 5.91 Å². The average molecular weight is 215 g/mol. The monoisotopic (exact) mass is 215 g/mol. The molecule has 1 aliphatic rings. The van der Waals surface area contributed by atoms with Crippen LogP contribution in [0.1, 0.15) is 40.0 Å². The Hall–Kier alpha value is -0.180. The van der Waals surface area contributed by atoms with Gasteiger partial charge in [0.05, 0.1) is 5.25 Å². The SMILES string of the molecule is CCC(S)C(=O)N1CCCC(C)(C)C1. The summed E-state index contributed by atoms with van der Waals surface area (Å²) in [6, 6.07) is 0.